The van der Waals surface area contributed by atoms with Crippen LogP contribution >= 0.6 is 11.3 Å². The fraction of sp³-hybridized carbons (Fsp3) is 0.583. The summed E-state index contributed by atoms with van der Waals surface area (Å²) in [6, 6.07) is 0.130. The largest absolute Gasteiger partial charge is 0.444 e. The number of alkyl carbamates (subject to hydrolysis) is 1. The Morgan fingerprint density at radius 2 is 2.16 bits per heavy atom. The predicted molar refractivity (Wildman–Crippen MR) is 72.9 cm³/mol. The first-order chi connectivity index (χ1) is 8.70. The van der Waals surface area contributed by atoms with Crippen molar-refractivity contribution in [1.29, 1.82) is 0 Å². The highest BCUT2D eigenvalue weighted by Gasteiger charge is 2.31. The fourth-order valence-electron chi connectivity index (χ4n) is 1.49. The quantitative estimate of drug-likeness (QED) is 0.681. The molecule has 0 saturated heterocycles. The van der Waals surface area contributed by atoms with Crippen LogP contribution in [0.3, 0.4) is 0 Å². The second kappa shape index (κ2) is 6.01. The first kappa shape index (κ1) is 15.4. The number of carbonyl (C=O) groups excluding carboxylic acids is 1. The number of rotatable bonds is 4. The molecular weight excluding hydrogens is 268 g/mol. The lowest BCUT2D eigenvalue weighted by Crippen LogP contribution is -2.41. The molecule has 1 aromatic rings. The zero-order valence-electron chi connectivity index (χ0n) is 11.4. The number of hydrogen-bond acceptors (Lipinski definition) is 5. The Labute approximate surface area is 115 Å². The van der Waals surface area contributed by atoms with E-state index in [0.717, 1.165) is 0 Å². The summed E-state index contributed by atoms with van der Waals surface area (Å²) >= 11 is 1.42. The standard InChI is InChI=1S/C12H18N2O4S/c1-8(14(16)17)10(9-5-6-19-7-9)13-11(15)18-12(2,3)4/h5-8,10H,1-4H3,(H,13,15)/t8-,10-/m0/s1. The van der Waals surface area contributed by atoms with Gasteiger partial charge in [0.2, 0.25) is 6.04 Å². The van der Waals surface area contributed by atoms with Gasteiger partial charge in [-0.15, -0.1) is 0 Å². The van der Waals surface area contributed by atoms with E-state index in [-0.39, 0.29) is 0 Å². The van der Waals surface area contributed by atoms with Crippen LogP contribution in [0.15, 0.2) is 16.8 Å². The van der Waals surface area contributed by atoms with Crippen LogP contribution in [0.5, 0.6) is 0 Å². The van der Waals surface area contributed by atoms with Gasteiger partial charge in [-0.05, 0) is 43.2 Å². The molecule has 0 radical (unpaired) electrons. The van der Waals surface area contributed by atoms with E-state index in [0.29, 0.717) is 5.56 Å². The minimum atomic E-state index is -0.929. The first-order valence-corrected chi connectivity index (χ1v) is 6.80. The molecule has 0 spiro atoms. The Hall–Kier alpha value is -1.63. The number of thiophene rings is 1. The second-order valence-corrected chi connectivity index (χ2v) is 5.99. The van der Waals surface area contributed by atoms with E-state index in [1.54, 1.807) is 32.2 Å². The van der Waals surface area contributed by atoms with Crippen LogP contribution in [0.2, 0.25) is 0 Å². The average molecular weight is 286 g/mol. The monoisotopic (exact) mass is 286 g/mol. The van der Waals surface area contributed by atoms with Crippen LogP contribution in [-0.2, 0) is 4.74 Å². The molecule has 0 bridgehead atoms. The van der Waals surface area contributed by atoms with Crippen LogP contribution in [0.4, 0.5) is 4.79 Å². The van der Waals surface area contributed by atoms with Gasteiger partial charge in [-0.1, -0.05) is 0 Å². The number of hydrogen-bond donors (Lipinski definition) is 1. The minimum absolute atomic E-state index is 0.417. The Kier molecular flexibility index (Phi) is 4.88. The first-order valence-electron chi connectivity index (χ1n) is 5.86. The molecule has 1 heterocycles. The van der Waals surface area contributed by atoms with Gasteiger partial charge in [-0.3, -0.25) is 10.1 Å². The van der Waals surface area contributed by atoms with E-state index >= 15 is 0 Å². The maximum absolute atomic E-state index is 11.7. The zero-order valence-corrected chi connectivity index (χ0v) is 12.2. The van der Waals surface area contributed by atoms with E-state index in [4.69, 9.17) is 4.74 Å². The third-order valence-electron chi connectivity index (χ3n) is 2.39. The number of nitro groups is 1. The molecule has 1 N–H and O–H groups in total. The normalized spacial score (nSPS) is 14.5. The summed E-state index contributed by atoms with van der Waals surface area (Å²) in [5.74, 6) is 0. The molecule has 7 heteroatoms. The molecule has 0 unspecified atom stereocenters. The minimum Gasteiger partial charge on any atom is -0.444 e. The van der Waals surface area contributed by atoms with Crippen molar-refractivity contribution in [3.8, 4) is 0 Å². The van der Waals surface area contributed by atoms with E-state index in [2.05, 4.69) is 5.32 Å². The van der Waals surface area contributed by atoms with Crippen molar-refractivity contribution in [2.75, 3.05) is 0 Å². The summed E-state index contributed by atoms with van der Waals surface area (Å²) in [6.45, 7) is 6.68. The molecule has 0 saturated carbocycles. The molecule has 0 aromatic carbocycles. The van der Waals surface area contributed by atoms with Crippen LogP contribution < -0.4 is 5.32 Å². The molecular formula is C12H18N2O4S. The van der Waals surface area contributed by atoms with Crippen molar-refractivity contribution in [3.63, 3.8) is 0 Å². The topological polar surface area (TPSA) is 81.5 Å². The number of nitrogens with one attached hydrogen (secondary N) is 1. The second-order valence-electron chi connectivity index (χ2n) is 5.21. The van der Waals surface area contributed by atoms with Gasteiger partial charge in [0.15, 0.2) is 0 Å². The molecule has 1 rings (SSSR count). The van der Waals surface area contributed by atoms with Crippen molar-refractivity contribution in [1.82, 2.24) is 5.32 Å². The van der Waals surface area contributed by atoms with Gasteiger partial charge in [0.05, 0.1) is 0 Å². The summed E-state index contributed by atoms with van der Waals surface area (Å²) in [5.41, 5.74) is 0.0706. The summed E-state index contributed by atoms with van der Waals surface area (Å²) in [5, 5.41) is 17.1. The molecule has 0 fully saturated rings. The Morgan fingerprint density at radius 3 is 2.58 bits per heavy atom. The van der Waals surface area contributed by atoms with Crippen LogP contribution in [0, 0.1) is 10.1 Å². The van der Waals surface area contributed by atoms with Crippen molar-refractivity contribution in [2.45, 2.75) is 45.4 Å². The Morgan fingerprint density at radius 1 is 1.53 bits per heavy atom. The van der Waals surface area contributed by atoms with Crippen LogP contribution in [0.25, 0.3) is 0 Å². The lowest BCUT2D eigenvalue weighted by molar-refractivity contribution is -0.523. The summed E-state index contributed by atoms with van der Waals surface area (Å²) in [6.07, 6.45) is -0.655. The summed E-state index contributed by atoms with van der Waals surface area (Å²) in [7, 11) is 0. The molecule has 1 amide bonds. The zero-order chi connectivity index (χ0) is 14.6. The number of amides is 1. The van der Waals surface area contributed by atoms with E-state index in [9.17, 15) is 14.9 Å². The van der Waals surface area contributed by atoms with Gasteiger partial charge < -0.3 is 10.1 Å². The third-order valence-corrected chi connectivity index (χ3v) is 3.09. The van der Waals surface area contributed by atoms with Gasteiger partial charge in [0.25, 0.3) is 0 Å². The van der Waals surface area contributed by atoms with Crippen molar-refractivity contribution in [3.05, 3.63) is 32.5 Å². The summed E-state index contributed by atoms with van der Waals surface area (Å²) < 4.78 is 5.13. The van der Waals surface area contributed by atoms with Gasteiger partial charge in [0.1, 0.15) is 11.6 Å². The molecule has 1 aromatic heterocycles. The number of ether oxygens (including phenoxy) is 1. The highest BCUT2D eigenvalue weighted by Crippen LogP contribution is 2.22. The number of carbonyl (C=O) groups is 1. The molecule has 0 aliphatic carbocycles. The van der Waals surface area contributed by atoms with Crippen molar-refractivity contribution >= 4 is 17.4 Å². The molecule has 0 aliphatic rings. The lowest BCUT2D eigenvalue weighted by atomic mass is 10.0. The van der Waals surface area contributed by atoms with Crippen LogP contribution in [-0.4, -0.2) is 22.7 Å². The van der Waals surface area contributed by atoms with E-state index < -0.39 is 28.7 Å². The van der Waals surface area contributed by atoms with Gasteiger partial charge >= 0.3 is 6.09 Å². The molecule has 106 valence electrons. The Balaban J connectivity index is 2.82. The van der Waals surface area contributed by atoms with Gasteiger partial charge in [-0.2, -0.15) is 11.3 Å². The van der Waals surface area contributed by atoms with E-state index in [1.807, 2.05) is 5.38 Å². The molecule has 19 heavy (non-hydrogen) atoms. The smallest absolute Gasteiger partial charge is 0.408 e. The van der Waals surface area contributed by atoms with E-state index in [1.165, 1.54) is 18.3 Å². The lowest BCUT2D eigenvalue weighted by Gasteiger charge is -2.23. The molecule has 6 nitrogen and oxygen atoms in total. The van der Waals surface area contributed by atoms with Crippen LogP contribution in [0.1, 0.15) is 39.3 Å². The highest BCUT2D eigenvalue weighted by atomic mass is 32.1. The molecule has 2 atom stereocenters. The maximum Gasteiger partial charge on any atom is 0.408 e. The third kappa shape index (κ3) is 4.86. The predicted octanol–water partition coefficient (Wildman–Crippen LogP) is 2.98. The van der Waals surface area contributed by atoms with Gasteiger partial charge in [0, 0.05) is 11.8 Å². The van der Waals surface area contributed by atoms with Crippen molar-refractivity contribution in [2.24, 2.45) is 0 Å². The Bertz CT molecular complexity index is 439. The molecule has 0 aliphatic heterocycles. The average Bonchev–Trinajstić information content (AvgIpc) is 2.75. The van der Waals surface area contributed by atoms with Gasteiger partial charge in [-0.25, -0.2) is 4.79 Å². The summed E-state index contributed by atoms with van der Waals surface area (Å²) in [4.78, 5) is 22.2. The SMILES string of the molecule is C[C@@H]([C@H](NC(=O)OC(C)(C)C)c1ccsc1)[N+](=O)[O-]. The number of nitrogens with zero attached hydrogens (tertiary/aromatic N) is 1. The fourth-order valence-corrected chi connectivity index (χ4v) is 2.19. The highest BCUT2D eigenvalue weighted by molar-refractivity contribution is 7.07. The maximum atomic E-state index is 11.7. The van der Waals surface area contributed by atoms with Crippen molar-refractivity contribution < 1.29 is 14.5 Å².